The number of aryl methyl sites for hydroxylation is 1. The number of aliphatic hydroxyl groups is 1. The van der Waals surface area contributed by atoms with E-state index in [1.165, 1.54) is 19.1 Å². The average Bonchev–Trinajstić information content (AvgIpc) is 2.36. The third-order valence-corrected chi connectivity index (χ3v) is 2.68. The Labute approximate surface area is 117 Å². The maximum atomic E-state index is 12.4. The number of carbonyl (C=O) groups excluding carboxylic acids is 1. The third kappa shape index (κ3) is 4.71. The van der Waals surface area contributed by atoms with E-state index in [0.717, 1.165) is 6.07 Å². The van der Waals surface area contributed by atoms with Crippen LogP contribution in [0.2, 0.25) is 0 Å². The highest BCUT2D eigenvalue weighted by molar-refractivity contribution is 5.95. The lowest BCUT2D eigenvalue weighted by molar-refractivity contribution is -0.385. The predicted molar refractivity (Wildman–Crippen MR) is 66.9 cm³/mol. The van der Waals surface area contributed by atoms with Gasteiger partial charge in [-0.1, -0.05) is 6.07 Å². The van der Waals surface area contributed by atoms with Gasteiger partial charge in [0.1, 0.15) is 6.54 Å². The van der Waals surface area contributed by atoms with Crippen LogP contribution in [-0.2, 0) is 0 Å². The normalized spacial score (nSPS) is 11.3. The molecule has 1 aromatic carbocycles. The van der Waals surface area contributed by atoms with Crippen LogP contribution < -0.4 is 0 Å². The molecule has 0 aromatic heterocycles. The molecule has 116 valence electrons. The molecule has 0 bridgehead atoms. The highest BCUT2D eigenvalue weighted by Crippen LogP contribution is 2.22. The fourth-order valence-electron chi connectivity index (χ4n) is 1.71. The van der Waals surface area contributed by atoms with Crippen LogP contribution in [0.15, 0.2) is 18.2 Å². The lowest BCUT2D eigenvalue weighted by Crippen LogP contribution is -2.40. The molecule has 0 heterocycles. The summed E-state index contributed by atoms with van der Waals surface area (Å²) in [4.78, 5) is 22.5. The van der Waals surface area contributed by atoms with Gasteiger partial charge in [-0.25, -0.2) is 0 Å². The zero-order valence-corrected chi connectivity index (χ0v) is 11.1. The van der Waals surface area contributed by atoms with Crippen molar-refractivity contribution in [1.82, 2.24) is 4.90 Å². The zero-order valence-electron chi connectivity index (χ0n) is 11.1. The lowest BCUT2D eigenvalue weighted by Gasteiger charge is -2.23. The van der Waals surface area contributed by atoms with E-state index >= 15 is 0 Å². The van der Waals surface area contributed by atoms with Gasteiger partial charge in [-0.2, -0.15) is 13.2 Å². The van der Waals surface area contributed by atoms with Crippen LogP contribution in [0.25, 0.3) is 0 Å². The SMILES string of the molecule is Cc1ccc(C(=O)N(CCO)CC(F)(F)F)cc1[N+](=O)[O-]. The second-order valence-corrected chi connectivity index (χ2v) is 4.32. The molecule has 1 aromatic rings. The number of benzene rings is 1. The van der Waals surface area contributed by atoms with E-state index in [-0.39, 0.29) is 11.3 Å². The van der Waals surface area contributed by atoms with Crippen LogP contribution in [0, 0.1) is 17.0 Å². The molecular weight excluding hydrogens is 293 g/mol. The quantitative estimate of drug-likeness (QED) is 0.665. The maximum Gasteiger partial charge on any atom is 0.406 e. The van der Waals surface area contributed by atoms with Crippen molar-refractivity contribution in [1.29, 1.82) is 0 Å². The summed E-state index contributed by atoms with van der Waals surface area (Å²) in [6, 6.07) is 3.43. The number of hydrogen-bond acceptors (Lipinski definition) is 4. The third-order valence-electron chi connectivity index (χ3n) is 2.68. The number of amides is 1. The molecule has 21 heavy (non-hydrogen) atoms. The Kier molecular flexibility index (Phi) is 5.25. The Bertz CT molecular complexity index is 546. The number of nitro groups is 1. The molecule has 6 nitrogen and oxygen atoms in total. The van der Waals surface area contributed by atoms with Crippen LogP contribution >= 0.6 is 0 Å². The van der Waals surface area contributed by atoms with E-state index in [4.69, 9.17) is 5.11 Å². The Morgan fingerprint density at radius 2 is 2.05 bits per heavy atom. The first kappa shape index (κ1) is 16.9. The van der Waals surface area contributed by atoms with Gasteiger partial charge in [0.15, 0.2) is 0 Å². The summed E-state index contributed by atoms with van der Waals surface area (Å²) >= 11 is 0. The molecule has 9 heteroatoms. The smallest absolute Gasteiger partial charge is 0.395 e. The van der Waals surface area contributed by atoms with Gasteiger partial charge >= 0.3 is 6.18 Å². The van der Waals surface area contributed by atoms with E-state index in [1.807, 2.05) is 0 Å². The number of alkyl halides is 3. The van der Waals surface area contributed by atoms with Crippen molar-refractivity contribution >= 4 is 11.6 Å². The standard InChI is InChI=1S/C12H13F3N2O4/c1-8-2-3-9(6-10(8)17(20)21)11(19)16(4-5-18)7-12(13,14)15/h2-3,6,18H,4-5,7H2,1H3. The van der Waals surface area contributed by atoms with Gasteiger partial charge in [-0.3, -0.25) is 14.9 Å². The predicted octanol–water partition coefficient (Wildman–Crippen LogP) is 1.90. The average molecular weight is 306 g/mol. The van der Waals surface area contributed by atoms with Gasteiger partial charge in [0, 0.05) is 23.7 Å². The van der Waals surface area contributed by atoms with Crippen LogP contribution in [0.1, 0.15) is 15.9 Å². The van der Waals surface area contributed by atoms with Gasteiger partial charge in [0.25, 0.3) is 11.6 Å². The molecule has 0 aliphatic heterocycles. The molecule has 0 saturated heterocycles. The monoisotopic (exact) mass is 306 g/mol. The minimum absolute atomic E-state index is 0.231. The molecule has 0 atom stereocenters. The van der Waals surface area contributed by atoms with E-state index in [2.05, 4.69) is 0 Å². The van der Waals surface area contributed by atoms with Crippen LogP contribution in [0.3, 0.4) is 0 Å². The minimum Gasteiger partial charge on any atom is -0.395 e. The summed E-state index contributed by atoms with van der Waals surface area (Å²) < 4.78 is 37.2. The molecule has 0 spiro atoms. The Morgan fingerprint density at radius 1 is 1.43 bits per heavy atom. The summed E-state index contributed by atoms with van der Waals surface area (Å²) in [7, 11) is 0. The van der Waals surface area contributed by atoms with Crippen molar-refractivity contribution in [3.05, 3.63) is 39.4 Å². The van der Waals surface area contributed by atoms with E-state index in [9.17, 15) is 28.1 Å². The highest BCUT2D eigenvalue weighted by atomic mass is 19.4. The molecular formula is C12H13F3N2O4. The van der Waals surface area contributed by atoms with Crippen LogP contribution in [0.5, 0.6) is 0 Å². The van der Waals surface area contributed by atoms with Crippen molar-refractivity contribution in [2.45, 2.75) is 13.1 Å². The number of halogens is 3. The largest absolute Gasteiger partial charge is 0.406 e. The summed E-state index contributed by atoms with van der Waals surface area (Å²) in [6.07, 6.45) is -4.62. The van der Waals surface area contributed by atoms with Crippen molar-refractivity contribution in [3.63, 3.8) is 0 Å². The van der Waals surface area contributed by atoms with Crippen molar-refractivity contribution in [2.24, 2.45) is 0 Å². The van der Waals surface area contributed by atoms with Gasteiger partial charge < -0.3 is 10.0 Å². The number of nitrogens with zero attached hydrogens (tertiary/aromatic N) is 2. The Balaban J connectivity index is 3.09. The first-order valence-electron chi connectivity index (χ1n) is 5.87. The fraction of sp³-hybridized carbons (Fsp3) is 0.417. The minimum atomic E-state index is -4.62. The molecule has 0 fully saturated rings. The number of aliphatic hydroxyl groups excluding tert-OH is 1. The molecule has 1 N–H and O–H groups in total. The first-order valence-corrected chi connectivity index (χ1v) is 5.87. The van der Waals surface area contributed by atoms with E-state index in [0.29, 0.717) is 10.5 Å². The number of rotatable bonds is 5. The van der Waals surface area contributed by atoms with Crippen molar-refractivity contribution in [3.8, 4) is 0 Å². The second kappa shape index (κ2) is 6.53. The molecule has 1 rings (SSSR count). The molecule has 0 aliphatic carbocycles. The van der Waals surface area contributed by atoms with E-state index in [1.54, 1.807) is 0 Å². The topological polar surface area (TPSA) is 83.7 Å². The summed E-state index contributed by atoms with van der Waals surface area (Å²) in [5, 5.41) is 19.5. The Hall–Kier alpha value is -2.16. The molecule has 0 unspecified atom stereocenters. The molecule has 1 amide bonds. The first-order chi connectivity index (χ1) is 9.65. The molecule has 0 radical (unpaired) electrons. The van der Waals surface area contributed by atoms with Gasteiger partial charge in [-0.15, -0.1) is 0 Å². The number of hydrogen-bond donors (Lipinski definition) is 1. The number of carbonyl (C=O) groups is 1. The summed E-state index contributed by atoms with van der Waals surface area (Å²) in [5.41, 5.74) is -0.289. The fourth-order valence-corrected chi connectivity index (χ4v) is 1.71. The maximum absolute atomic E-state index is 12.4. The van der Waals surface area contributed by atoms with Crippen LogP contribution in [-0.4, -0.2) is 46.7 Å². The highest BCUT2D eigenvalue weighted by Gasteiger charge is 2.33. The zero-order chi connectivity index (χ0) is 16.2. The lowest BCUT2D eigenvalue weighted by atomic mass is 10.1. The summed E-state index contributed by atoms with van der Waals surface area (Å²) in [6.45, 7) is -1.24. The molecule has 0 saturated carbocycles. The van der Waals surface area contributed by atoms with E-state index < -0.39 is 36.7 Å². The number of nitro benzene ring substituents is 1. The Morgan fingerprint density at radius 3 is 2.52 bits per heavy atom. The van der Waals surface area contributed by atoms with Gasteiger partial charge in [0.2, 0.25) is 0 Å². The second-order valence-electron chi connectivity index (χ2n) is 4.32. The van der Waals surface area contributed by atoms with Crippen molar-refractivity contribution in [2.75, 3.05) is 19.7 Å². The van der Waals surface area contributed by atoms with Crippen molar-refractivity contribution < 1.29 is 28.0 Å². The van der Waals surface area contributed by atoms with Gasteiger partial charge in [0.05, 0.1) is 11.5 Å². The molecule has 0 aliphatic rings. The summed E-state index contributed by atoms with van der Waals surface area (Å²) in [5.74, 6) is -1.02. The van der Waals surface area contributed by atoms with Crippen LogP contribution in [0.4, 0.5) is 18.9 Å². The van der Waals surface area contributed by atoms with Gasteiger partial charge in [-0.05, 0) is 13.0 Å².